The standard InChI is InChI=1S/C9H15N2O8P/c12-5-3-8(11-2-1-7(13)10-9(11)14)19-6(5)4-18-20(15,16)17/h1-2,5-8,12-13H,3-4H2,(H,10,14)(H2,15,16,17)/t5-,6-,7+,8+/m0/s1. The lowest BCUT2D eigenvalue weighted by atomic mass is 10.2. The second kappa shape index (κ2) is 5.78. The lowest BCUT2D eigenvalue weighted by Gasteiger charge is -2.29. The van der Waals surface area contributed by atoms with E-state index < -0.39 is 45.1 Å². The molecule has 0 saturated carbocycles. The lowest BCUT2D eigenvalue weighted by Crippen LogP contribution is -2.49. The number of hydrogen-bond donors (Lipinski definition) is 5. The van der Waals surface area contributed by atoms with E-state index in [4.69, 9.17) is 14.5 Å². The molecule has 0 aliphatic carbocycles. The number of phosphoric ester groups is 1. The molecule has 0 unspecified atom stereocenters. The number of urea groups is 1. The van der Waals surface area contributed by atoms with Gasteiger partial charge in [-0.2, -0.15) is 0 Å². The minimum absolute atomic E-state index is 0.0586. The van der Waals surface area contributed by atoms with Crippen LogP contribution in [-0.4, -0.2) is 62.2 Å². The summed E-state index contributed by atoms with van der Waals surface area (Å²) < 4.78 is 20.2. The third-order valence-corrected chi connectivity index (χ3v) is 3.34. The number of amides is 2. The Morgan fingerprint density at radius 2 is 2.20 bits per heavy atom. The van der Waals surface area contributed by atoms with Crippen LogP contribution in [0.15, 0.2) is 12.3 Å². The van der Waals surface area contributed by atoms with Gasteiger partial charge in [0.05, 0.1) is 12.7 Å². The van der Waals surface area contributed by atoms with Crippen LogP contribution < -0.4 is 5.32 Å². The summed E-state index contributed by atoms with van der Waals surface area (Å²) in [5.74, 6) is 0. The quantitative estimate of drug-likeness (QED) is 0.391. The largest absolute Gasteiger partial charge is 0.469 e. The number of hydrogen-bond acceptors (Lipinski definition) is 6. The highest BCUT2D eigenvalue weighted by molar-refractivity contribution is 7.46. The molecule has 5 N–H and O–H groups in total. The predicted molar refractivity (Wildman–Crippen MR) is 62.8 cm³/mol. The Kier molecular flexibility index (Phi) is 4.45. The van der Waals surface area contributed by atoms with Gasteiger partial charge in [0.15, 0.2) is 0 Å². The molecule has 20 heavy (non-hydrogen) atoms. The first kappa shape index (κ1) is 15.4. The van der Waals surface area contributed by atoms with Crippen molar-refractivity contribution >= 4 is 13.9 Å². The maximum atomic E-state index is 11.6. The summed E-state index contributed by atoms with van der Waals surface area (Å²) in [6, 6.07) is -0.603. The Labute approximate surface area is 113 Å². The van der Waals surface area contributed by atoms with Crippen molar-refractivity contribution in [2.24, 2.45) is 0 Å². The average molecular weight is 310 g/mol. The molecule has 2 amide bonds. The maximum absolute atomic E-state index is 11.6. The molecular formula is C9H15N2O8P. The molecule has 0 radical (unpaired) electrons. The van der Waals surface area contributed by atoms with Gasteiger partial charge in [-0.25, -0.2) is 9.36 Å². The van der Waals surface area contributed by atoms with Crippen molar-refractivity contribution < 1.29 is 38.6 Å². The van der Waals surface area contributed by atoms with Crippen molar-refractivity contribution in [3.63, 3.8) is 0 Å². The molecule has 0 aromatic carbocycles. The zero-order valence-corrected chi connectivity index (χ0v) is 11.1. The van der Waals surface area contributed by atoms with E-state index in [1.807, 2.05) is 0 Å². The van der Waals surface area contributed by atoms with Gasteiger partial charge >= 0.3 is 13.9 Å². The molecule has 0 spiro atoms. The van der Waals surface area contributed by atoms with Crippen molar-refractivity contribution in [3.05, 3.63) is 12.3 Å². The van der Waals surface area contributed by atoms with Crippen LogP contribution in [0.25, 0.3) is 0 Å². The fourth-order valence-corrected chi connectivity index (χ4v) is 2.27. The van der Waals surface area contributed by atoms with Crippen LogP contribution in [-0.2, 0) is 13.8 Å². The highest BCUT2D eigenvalue weighted by Crippen LogP contribution is 2.37. The molecule has 0 aromatic heterocycles. The minimum atomic E-state index is -4.65. The van der Waals surface area contributed by atoms with Crippen LogP contribution in [0.3, 0.4) is 0 Å². The van der Waals surface area contributed by atoms with Gasteiger partial charge < -0.3 is 30.1 Å². The number of carbonyl (C=O) groups is 1. The molecule has 1 saturated heterocycles. The minimum Gasteiger partial charge on any atom is -0.390 e. The second-order valence-corrected chi connectivity index (χ2v) is 5.60. The Bertz CT molecular complexity index is 451. The summed E-state index contributed by atoms with van der Waals surface area (Å²) in [7, 11) is -4.65. The second-order valence-electron chi connectivity index (χ2n) is 4.36. The van der Waals surface area contributed by atoms with Gasteiger partial charge in [0.25, 0.3) is 0 Å². The van der Waals surface area contributed by atoms with Crippen molar-refractivity contribution in [1.29, 1.82) is 0 Å². The Morgan fingerprint density at radius 3 is 2.80 bits per heavy atom. The summed E-state index contributed by atoms with van der Waals surface area (Å²) in [5.41, 5.74) is 0. The zero-order chi connectivity index (χ0) is 14.9. The Morgan fingerprint density at radius 1 is 1.50 bits per heavy atom. The first-order valence-electron chi connectivity index (χ1n) is 5.75. The molecule has 2 aliphatic heterocycles. The number of rotatable bonds is 4. The number of phosphoric acid groups is 1. The summed E-state index contributed by atoms with van der Waals surface area (Å²) in [6.45, 7) is -0.496. The fraction of sp³-hybridized carbons (Fsp3) is 0.667. The first-order valence-corrected chi connectivity index (χ1v) is 7.28. The van der Waals surface area contributed by atoms with Gasteiger partial charge in [-0.1, -0.05) is 0 Å². The summed E-state index contributed by atoms with van der Waals surface area (Å²) >= 11 is 0. The highest BCUT2D eigenvalue weighted by Gasteiger charge is 2.40. The Hall–Kier alpha value is -1.00. The molecule has 1 fully saturated rings. The van der Waals surface area contributed by atoms with Crippen LogP contribution in [0.2, 0.25) is 0 Å². The fourth-order valence-electron chi connectivity index (χ4n) is 1.92. The van der Waals surface area contributed by atoms with Gasteiger partial charge in [0, 0.05) is 12.6 Å². The maximum Gasteiger partial charge on any atom is 0.469 e. The van der Waals surface area contributed by atoms with Crippen molar-refractivity contribution in [2.75, 3.05) is 6.61 Å². The monoisotopic (exact) mass is 310 g/mol. The van der Waals surface area contributed by atoms with Gasteiger partial charge in [-0.05, 0) is 6.08 Å². The van der Waals surface area contributed by atoms with Gasteiger partial charge in [0.1, 0.15) is 18.6 Å². The molecule has 114 valence electrons. The van der Waals surface area contributed by atoms with E-state index in [0.29, 0.717) is 0 Å². The van der Waals surface area contributed by atoms with E-state index in [-0.39, 0.29) is 6.42 Å². The summed E-state index contributed by atoms with van der Waals surface area (Å²) in [6.07, 6.45) is -1.19. The van der Waals surface area contributed by atoms with Crippen LogP contribution in [0.1, 0.15) is 6.42 Å². The van der Waals surface area contributed by atoms with E-state index in [9.17, 15) is 19.6 Å². The topological polar surface area (TPSA) is 149 Å². The molecule has 10 nitrogen and oxygen atoms in total. The van der Waals surface area contributed by atoms with E-state index in [1.165, 1.54) is 12.3 Å². The van der Waals surface area contributed by atoms with Crippen LogP contribution in [0, 0.1) is 0 Å². The molecule has 0 bridgehead atoms. The van der Waals surface area contributed by atoms with Gasteiger partial charge in [-0.3, -0.25) is 9.42 Å². The molecule has 2 heterocycles. The van der Waals surface area contributed by atoms with Crippen LogP contribution in [0.4, 0.5) is 4.79 Å². The van der Waals surface area contributed by atoms with E-state index in [2.05, 4.69) is 9.84 Å². The summed E-state index contributed by atoms with van der Waals surface area (Å²) in [4.78, 5) is 29.9. The number of carbonyl (C=O) groups excluding carboxylic acids is 1. The first-order chi connectivity index (χ1) is 9.26. The smallest absolute Gasteiger partial charge is 0.390 e. The van der Waals surface area contributed by atoms with Crippen molar-refractivity contribution in [1.82, 2.24) is 10.2 Å². The number of aliphatic hydroxyl groups excluding tert-OH is 2. The summed E-state index contributed by atoms with van der Waals surface area (Å²) in [5, 5.41) is 21.1. The van der Waals surface area contributed by atoms with E-state index >= 15 is 0 Å². The van der Waals surface area contributed by atoms with Gasteiger partial charge in [-0.15, -0.1) is 0 Å². The molecule has 2 rings (SSSR count). The number of ether oxygens (including phenoxy) is 1. The zero-order valence-electron chi connectivity index (χ0n) is 10.2. The van der Waals surface area contributed by atoms with Crippen molar-refractivity contribution in [3.8, 4) is 0 Å². The lowest BCUT2D eigenvalue weighted by molar-refractivity contribution is -0.0547. The highest BCUT2D eigenvalue weighted by atomic mass is 31.2. The number of aliphatic hydroxyl groups is 2. The third-order valence-electron chi connectivity index (χ3n) is 2.86. The Balaban J connectivity index is 1.95. The molecule has 11 heteroatoms. The number of nitrogens with one attached hydrogen (secondary N) is 1. The molecule has 0 aromatic rings. The van der Waals surface area contributed by atoms with Crippen LogP contribution in [0.5, 0.6) is 0 Å². The van der Waals surface area contributed by atoms with Gasteiger partial charge in [0.2, 0.25) is 0 Å². The molecule has 2 aliphatic rings. The molecular weight excluding hydrogens is 295 g/mol. The normalized spacial score (nSPS) is 34.4. The molecule has 4 atom stereocenters. The number of nitrogens with zero attached hydrogens (tertiary/aromatic N) is 1. The van der Waals surface area contributed by atoms with E-state index in [1.54, 1.807) is 0 Å². The third kappa shape index (κ3) is 3.76. The van der Waals surface area contributed by atoms with E-state index in [0.717, 1.165) is 4.90 Å². The average Bonchev–Trinajstić information content (AvgIpc) is 2.67. The predicted octanol–water partition coefficient (Wildman–Crippen LogP) is -1.57. The van der Waals surface area contributed by atoms with Crippen LogP contribution >= 0.6 is 7.82 Å². The SMILES string of the molecule is O=C1N[C@H](O)C=CN1[C@H]1C[C@H](O)[C@H](COP(=O)(O)O)O1. The van der Waals surface area contributed by atoms with Crippen molar-refractivity contribution in [2.45, 2.75) is 31.1 Å².